The molecule has 0 amide bonds. The number of Topliss-reactive ketones (excluding diaryl/α,β-unsaturated/α-hetero) is 1. The lowest BCUT2D eigenvalue weighted by Crippen LogP contribution is -2.13. The summed E-state index contributed by atoms with van der Waals surface area (Å²) in [4.78, 5) is 12.9. The van der Waals surface area contributed by atoms with Crippen molar-refractivity contribution < 1.29 is 4.79 Å². The number of ketones is 1. The number of rotatable bonds is 2. The molecule has 0 unspecified atom stereocenters. The summed E-state index contributed by atoms with van der Waals surface area (Å²) in [6, 6.07) is 1.92. The SMILES string of the molecule is Cc1sccc1C(=O)CC(C)(C)C. The molecular formula is C11H16OS. The molecule has 1 aromatic rings. The van der Waals surface area contributed by atoms with Gasteiger partial charge in [-0.05, 0) is 23.8 Å². The summed E-state index contributed by atoms with van der Waals surface area (Å²) in [7, 11) is 0. The van der Waals surface area contributed by atoms with Crippen LogP contribution < -0.4 is 0 Å². The maximum absolute atomic E-state index is 11.7. The second kappa shape index (κ2) is 3.62. The van der Waals surface area contributed by atoms with E-state index in [9.17, 15) is 4.79 Å². The van der Waals surface area contributed by atoms with Gasteiger partial charge in [-0.15, -0.1) is 11.3 Å². The molecule has 0 saturated heterocycles. The lowest BCUT2D eigenvalue weighted by atomic mass is 9.88. The van der Waals surface area contributed by atoms with Gasteiger partial charge in [0.05, 0.1) is 0 Å². The molecule has 1 nitrogen and oxygen atoms in total. The van der Waals surface area contributed by atoms with E-state index >= 15 is 0 Å². The summed E-state index contributed by atoms with van der Waals surface area (Å²) in [6.07, 6.45) is 0.630. The summed E-state index contributed by atoms with van der Waals surface area (Å²) in [5.41, 5.74) is 0.991. The Morgan fingerprint density at radius 3 is 2.46 bits per heavy atom. The summed E-state index contributed by atoms with van der Waals surface area (Å²) in [5.74, 6) is 0.270. The average Bonchev–Trinajstić information content (AvgIpc) is 2.30. The molecule has 0 radical (unpaired) electrons. The van der Waals surface area contributed by atoms with Crippen molar-refractivity contribution >= 4 is 17.1 Å². The maximum Gasteiger partial charge on any atom is 0.164 e. The largest absolute Gasteiger partial charge is 0.294 e. The second-order valence-corrected chi connectivity index (χ2v) is 5.67. The lowest BCUT2D eigenvalue weighted by Gasteiger charge is -2.16. The molecule has 0 aliphatic carbocycles. The van der Waals surface area contributed by atoms with E-state index in [4.69, 9.17) is 0 Å². The summed E-state index contributed by atoms with van der Waals surface area (Å²) < 4.78 is 0. The van der Waals surface area contributed by atoms with Crippen LogP contribution in [0.25, 0.3) is 0 Å². The van der Waals surface area contributed by atoms with Crippen molar-refractivity contribution in [3.8, 4) is 0 Å². The van der Waals surface area contributed by atoms with Crippen LogP contribution in [0.4, 0.5) is 0 Å². The van der Waals surface area contributed by atoms with Crippen molar-refractivity contribution in [1.29, 1.82) is 0 Å². The van der Waals surface area contributed by atoms with Crippen molar-refractivity contribution in [2.24, 2.45) is 5.41 Å². The van der Waals surface area contributed by atoms with Gasteiger partial charge in [-0.2, -0.15) is 0 Å². The van der Waals surface area contributed by atoms with E-state index in [1.54, 1.807) is 11.3 Å². The van der Waals surface area contributed by atoms with Crippen molar-refractivity contribution in [1.82, 2.24) is 0 Å². The van der Waals surface area contributed by atoms with Crippen LogP contribution in [0.2, 0.25) is 0 Å². The predicted molar refractivity (Wildman–Crippen MR) is 57.5 cm³/mol. The van der Waals surface area contributed by atoms with Gasteiger partial charge < -0.3 is 0 Å². The number of thiophene rings is 1. The van der Waals surface area contributed by atoms with E-state index in [1.165, 1.54) is 0 Å². The van der Waals surface area contributed by atoms with E-state index in [1.807, 2.05) is 18.4 Å². The van der Waals surface area contributed by atoms with Crippen molar-refractivity contribution in [3.63, 3.8) is 0 Å². The van der Waals surface area contributed by atoms with Crippen molar-refractivity contribution in [2.75, 3.05) is 0 Å². The van der Waals surface area contributed by atoms with E-state index in [-0.39, 0.29) is 11.2 Å². The van der Waals surface area contributed by atoms with Crippen LogP contribution in [0.1, 0.15) is 42.4 Å². The molecular weight excluding hydrogens is 180 g/mol. The molecule has 13 heavy (non-hydrogen) atoms. The topological polar surface area (TPSA) is 17.1 Å². The lowest BCUT2D eigenvalue weighted by molar-refractivity contribution is 0.0940. The highest BCUT2D eigenvalue weighted by Gasteiger charge is 2.18. The molecule has 0 saturated carbocycles. The summed E-state index contributed by atoms with van der Waals surface area (Å²) in [6.45, 7) is 8.27. The number of aryl methyl sites for hydroxylation is 1. The van der Waals surface area contributed by atoms with E-state index in [0.717, 1.165) is 10.4 Å². The van der Waals surface area contributed by atoms with Gasteiger partial charge in [0.1, 0.15) is 0 Å². The fraction of sp³-hybridized carbons (Fsp3) is 0.545. The van der Waals surface area contributed by atoms with Crippen LogP contribution in [-0.4, -0.2) is 5.78 Å². The van der Waals surface area contributed by atoms with E-state index in [0.29, 0.717) is 6.42 Å². The van der Waals surface area contributed by atoms with Gasteiger partial charge >= 0.3 is 0 Å². The summed E-state index contributed by atoms with van der Waals surface area (Å²) >= 11 is 1.64. The standard InChI is InChI=1S/C11H16OS/c1-8-9(5-6-13-8)10(12)7-11(2,3)4/h5-6H,7H2,1-4H3. The fourth-order valence-corrected chi connectivity index (χ4v) is 1.97. The molecule has 0 bridgehead atoms. The van der Waals surface area contributed by atoms with Gasteiger partial charge in [0.15, 0.2) is 5.78 Å². The third kappa shape index (κ3) is 2.96. The van der Waals surface area contributed by atoms with Crippen LogP contribution >= 0.6 is 11.3 Å². The number of hydrogen-bond donors (Lipinski definition) is 0. The zero-order valence-electron chi connectivity index (χ0n) is 8.68. The van der Waals surface area contributed by atoms with Gasteiger partial charge in [0, 0.05) is 16.9 Å². The monoisotopic (exact) mass is 196 g/mol. The Bertz CT molecular complexity index is 304. The first-order valence-corrected chi connectivity index (χ1v) is 5.35. The van der Waals surface area contributed by atoms with E-state index < -0.39 is 0 Å². The third-order valence-electron chi connectivity index (χ3n) is 1.85. The Kier molecular flexibility index (Phi) is 2.91. The molecule has 0 aliphatic rings. The quantitative estimate of drug-likeness (QED) is 0.659. The highest BCUT2D eigenvalue weighted by Crippen LogP contribution is 2.24. The Morgan fingerprint density at radius 1 is 1.46 bits per heavy atom. The third-order valence-corrected chi connectivity index (χ3v) is 2.70. The minimum absolute atomic E-state index is 0.0888. The van der Waals surface area contributed by atoms with Gasteiger partial charge in [-0.1, -0.05) is 20.8 Å². The fourth-order valence-electron chi connectivity index (χ4n) is 1.25. The Labute approximate surface area is 83.8 Å². The Hall–Kier alpha value is -0.630. The zero-order chi connectivity index (χ0) is 10.1. The smallest absolute Gasteiger partial charge is 0.164 e. The van der Waals surface area contributed by atoms with Crippen LogP contribution in [0, 0.1) is 12.3 Å². The van der Waals surface area contributed by atoms with E-state index in [2.05, 4.69) is 20.8 Å². The normalized spacial score (nSPS) is 11.7. The number of carbonyl (C=O) groups is 1. The predicted octanol–water partition coefficient (Wildman–Crippen LogP) is 3.68. The Balaban J connectivity index is 2.76. The number of hydrogen-bond acceptors (Lipinski definition) is 2. The molecule has 0 fully saturated rings. The molecule has 1 rings (SSSR count). The zero-order valence-corrected chi connectivity index (χ0v) is 9.49. The number of carbonyl (C=O) groups excluding carboxylic acids is 1. The molecule has 0 aliphatic heterocycles. The van der Waals surface area contributed by atoms with Crippen LogP contribution in [0.3, 0.4) is 0 Å². The van der Waals surface area contributed by atoms with Crippen LogP contribution in [-0.2, 0) is 0 Å². The summed E-state index contributed by atoms with van der Waals surface area (Å²) in [5, 5.41) is 1.98. The molecule has 1 aromatic heterocycles. The first kappa shape index (κ1) is 10.5. The van der Waals surface area contributed by atoms with Gasteiger partial charge in [0.2, 0.25) is 0 Å². The first-order chi connectivity index (χ1) is 5.90. The van der Waals surface area contributed by atoms with Crippen molar-refractivity contribution in [2.45, 2.75) is 34.1 Å². The molecule has 2 heteroatoms. The second-order valence-electron chi connectivity index (χ2n) is 4.55. The highest BCUT2D eigenvalue weighted by molar-refractivity contribution is 7.10. The van der Waals surface area contributed by atoms with Crippen molar-refractivity contribution in [3.05, 3.63) is 21.9 Å². The first-order valence-electron chi connectivity index (χ1n) is 4.47. The molecule has 0 atom stereocenters. The highest BCUT2D eigenvalue weighted by atomic mass is 32.1. The molecule has 0 N–H and O–H groups in total. The van der Waals surface area contributed by atoms with Gasteiger partial charge in [-0.3, -0.25) is 4.79 Å². The average molecular weight is 196 g/mol. The minimum atomic E-state index is 0.0888. The van der Waals surface area contributed by atoms with Crippen LogP contribution in [0.5, 0.6) is 0 Å². The molecule has 1 heterocycles. The van der Waals surface area contributed by atoms with Gasteiger partial charge in [0.25, 0.3) is 0 Å². The molecule has 0 spiro atoms. The minimum Gasteiger partial charge on any atom is -0.294 e. The molecule has 72 valence electrons. The molecule has 0 aromatic carbocycles. The Morgan fingerprint density at radius 2 is 2.08 bits per heavy atom. The van der Waals surface area contributed by atoms with Gasteiger partial charge in [-0.25, -0.2) is 0 Å². The van der Waals surface area contributed by atoms with Crippen LogP contribution in [0.15, 0.2) is 11.4 Å². The maximum atomic E-state index is 11.7.